The van der Waals surface area contributed by atoms with Gasteiger partial charge in [-0.05, 0) is 17.7 Å². The minimum Gasteiger partial charge on any atom is -0.469 e. The fourth-order valence-corrected chi connectivity index (χ4v) is 1.33. The number of benzene rings is 1. The Morgan fingerprint density at radius 3 is 2.65 bits per heavy atom. The second kappa shape index (κ2) is 5.18. The van der Waals surface area contributed by atoms with E-state index in [4.69, 9.17) is 5.73 Å². The first-order valence-corrected chi connectivity index (χ1v) is 4.84. The van der Waals surface area contributed by atoms with Crippen LogP contribution in [0.5, 0.6) is 0 Å². The monoisotopic (exact) mass is 247 g/mol. The number of nitrogens with two attached hydrogens (primary N) is 1. The maximum Gasteiger partial charge on any atom is 0.416 e. The first-order chi connectivity index (χ1) is 7.84. The molecule has 0 amide bonds. The van der Waals surface area contributed by atoms with Gasteiger partial charge >= 0.3 is 12.1 Å². The highest BCUT2D eigenvalue weighted by atomic mass is 19.4. The summed E-state index contributed by atoms with van der Waals surface area (Å²) in [5, 5.41) is 0. The van der Waals surface area contributed by atoms with Crippen molar-refractivity contribution in [3.8, 4) is 0 Å². The largest absolute Gasteiger partial charge is 0.469 e. The molecule has 1 aromatic rings. The van der Waals surface area contributed by atoms with Crippen LogP contribution in [0, 0.1) is 0 Å². The van der Waals surface area contributed by atoms with Crippen molar-refractivity contribution in [1.82, 2.24) is 0 Å². The molecule has 17 heavy (non-hydrogen) atoms. The van der Waals surface area contributed by atoms with E-state index in [0.717, 1.165) is 12.1 Å². The molecule has 0 spiro atoms. The number of rotatable bonds is 3. The van der Waals surface area contributed by atoms with Crippen LogP contribution in [-0.4, -0.2) is 13.1 Å². The summed E-state index contributed by atoms with van der Waals surface area (Å²) in [5.74, 6) is -0.560. The molecule has 6 heteroatoms. The van der Waals surface area contributed by atoms with Crippen molar-refractivity contribution in [2.45, 2.75) is 18.6 Å². The van der Waals surface area contributed by atoms with Crippen molar-refractivity contribution in [1.29, 1.82) is 0 Å². The average Bonchev–Trinajstić information content (AvgIpc) is 2.28. The number of hydrogen-bond acceptors (Lipinski definition) is 3. The molecule has 2 N–H and O–H groups in total. The van der Waals surface area contributed by atoms with Gasteiger partial charge in [0.2, 0.25) is 0 Å². The molecular formula is C11H12F3NO2. The van der Waals surface area contributed by atoms with Gasteiger partial charge in [0, 0.05) is 6.04 Å². The van der Waals surface area contributed by atoms with Gasteiger partial charge in [-0.3, -0.25) is 4.79 Å². The van der Waals surface area contributed by atoms with Crippen molar-refractivity contribution in [3.63, 3.8) is 0 Å². The zero-order valence-electron chi connectivity index (χ0n) is 9.12. The van der Waals surface area contributed by atoms with E-state index in [9.17, 15) is 18.0 Å². The number of carbonyl (C=O) groups excluding carboxylic acids is 1. The third-order valence-corrected chi connectivity index (χ3v) is 2.26. The van der Waals surface area contributed by atoms with Crippen molar-refractivity contribution >= 4 is 5.97 Å². The summed E-state index contributed by atoms with van der Waals surface area (Å²) >= 11 is 0. The summed E-state index contributed by atoms with van der Waals surface area (Å²) < 4.78 is 41.7. The summed E-state index contributed by atoms with van der Waals surface area (Å²) in [5.41, 5.74) is 5.09. The van der Waals surface area contributed by atoms with Crippen LogP contribution >= 0.6 is 0 Å². The topological polar surface area (TPSA) is 52.3 Å². The lowest BCUT2D eigenvalue weighted by atomic mass is 10.0. The van der Waals surface area contributed by atoms with Gasteiger partial charge in [0.1, 0.15) is 0 Å². The van der Waals surface area contributed by atoms with Crippen LogP contribution < -0.4 is 5.73 Å². The quantitative estimate of drug-likeness (QED) is 0.833. The van der Waals surface area contributed by atoms with E-state index in [0.29, 0.717) is 0 Å². The number of halogens is 3. The van der Waals surface area contributed by atoms with Crippen molar-refractivity contribution in [2.24, 2.45) is 5.73 Å². The summed E-state index contributed by atoms with van der Waals surface area (Å²) in [6, 6.07) is 3.80. The number of alkyl halides is 3. The molecule has 1 atom stereocenters. The number of carbonyl (C=O) groups is 1. The van der Waals surface area contributed by atoms with Gasteiger partial charge in [0.25, 0.3) is 0 Å². The van der Waals surface area contributed by atoms with Crippen LogP contribution in [0.1, 0.15) is 23.6 Å². The van der Waals surface area contributed by atoms with Crippen molar-refractivity contribution < 1.29 is 22.7 Å². The van der Waals surface area contributed by atoms with E-state index in [2.05, 4.69) is 4.74 Å². The zero-order chi connectivity index (χ0) is 13.1. The lowest BCUT2D eigenvalue weighted by Gasteiger charge is -2.13. The molecule has 0 saturated heterocycles. The van der Waals surface area contributed by atoms with Crippen LogP contribution in [0.3, 0.4) is 0 Å². The van der Waals surface area contributed by atoms with Crippen LogP contribution in [0.4, 0.5) is 13.2 Å². The Kier molecular flexibility index (Phi) is 4.11. The van der Waals surface area contributed by atoms with Crippen LogP contribution in [0.2, 0.25) is 0 Å². The Morgan fingerprint density at radius 2 is 2.12 bits per heavy atom. The molecule has 0 aliphatic rings. The van der Waals surface area contributed by atoms with E-state index in [1.165, 1.54) is 19.2 Å². The highest BCUT2D eigenvalue weighted by molar-refractivity contribution is 5.70. The van der Waals surface area contributed by atoms with Gasteiger partial charge in [0.05, 0.1) is 19.1 Å². The highest BCUT2D eigenvalue weighted by Gasteiger charge is 2.30. The van der Waals surface area contributed by atoms with Gasteiger partial charge in [-0.15, -0.1) is 0 Å². The zero-order valence-corrected chi connectivity index (χ0v) is 9.12. The van der Waals surface area contributed by atoms with Gasteiger partial charge in [-0.25, -0.2) is 0 Å². The summed E-state index contributed by atoms with van der Waals surface area (Å²) in [7, 11) is 1.20. The van der Waals surface area contributed by atoms with E-state index in [-0.39, 0.29) is 12.0 Å². The van der Waals surface area contributed by atoms with Gasteiger partial charge < -0.3 is 10.5 Å². The predicted molar refractivity (Wildman–Crippen MR) is 55.0 cm³/mol. The van der Waals surface area contributed by atoms with Crippen LogP contribution in [0.25, 0.3) is 0 Å². The molecule has 0 fully saturated rings. The van der Waals surface area contributed by atoms with Crippen LogP contribution in [-0.2, 0) is 15.7 Å². The average molecular weight is 247 g/mol. The van der Waals surface area contributed by atoms with E-state index in [1.807, 2.05) is 0 Å². The Hall–Kier alpha value is -1.56. The highest BCUT2D eigenvalue weighted by Crippen LogP contribution is 2.30. The first kappa shape index (κ1) is 13.5. The third kappa shape index (κ3) is 3.74. The molecule has 0 aliphatic carbocycles. The van der Waals surface area contributed by atoms with E-state index >= 15 is 0 Å². The second-order valence-electron chi connectivity index (χ2n) is 3.51. The van der Waals surface area contributed by atoms with Crippen LogP contribution in [0.15, 0.2) is 24.3 Å². The second-order valence-corrected chi connectivity index (χ2v) is 3.51. The number of methoxy groups -OCH3 is 1. The van der Waals surface area contributed by atoms with E-state index in [1.54, 1.807) is 0 Å². The third-order valence-electron chi connectivity index (χ3n) is 2.26. The normalized spacial score (nSPS) is 13.2. The maximum absolute atomic E-state index is 12.4. The van der Waals surface area contributed by atoms with Gasteiger partial charge in [-0.1, -0.05) is 12.1 Å². The summed E-state index contributed by atoms with van der Waals surface area (Å²) in [6.07, 6.45) is -4.57. The minimum absolute atomic E-state index is 0.155. The Labute approximate surface area is 96.4 Å². The molecular weight excluding hydrogens is 235 g/mol. The van der Waals surface area contributed by atoms with Gasteiger partial charge in [-0.2, -0.15) is 13.2 Å². The molecule has 0 radical (unpaired) electrons. The number of hydrogen-bond donors (Lipinski definition) is 1. The van der Waals surface area contributed by atoms with Gasteiger partial charge in [0.15, 0.2) is 0 Å². The molecule has 1 unspecified atom stereocenters. The maximum atomic E-state index is 12.4. The molecule has 1 rings (SSSR count). The van der Waals surface area contributed by atoms with Crippen molar-refractivity contribution in [3.05, 3.63) is 35.4 Å². The Morgan fingerprint density at radius 1 is 1.47 bits per heavy atom. The molecule has 0 saturated carbocycles. The van der Waals surface area contributed by atoms with E-state index < -0.39 is 23.8 Å². The number of ether oxygens (including phenoxy) is 1. The SMILES string of the molecule is COC(=O)CC(N)c1cccc(C(F)(F)F)c1. The lowest BCUT2D eigenvalue weighted by molar-refractivity contribution is -0.141. The molecule has 0 bridgehead atoms. The van der Waals surface area contributed by atoms with Crippen molar-refractivity contribution in [2.75, 3.05) is 7.11 Å². The first-order valence-electron chi connectivity index (χ1n) is 4.84. The Balaban J connectivity index is 2.88. The standard InChI is InChI=1S/C11H12F3NO2/c1-17-10(16)6-9(15)7-3-2-4-8(5-7)11(12,13)14/h2-5,9H,6,15H2,1H3. The minimum atomic E-state index is -4.42. The Bertz CT molecular complexity index is 404. The smallest absolute Gasteiger partial charge is 0.416 e. The predicted octanol–water partition coefficient (Wildman–Crippen LogP) is 2.27. The summed E-state index contributed by atoms with van der Waals surface area (Å²) in [4.78, 5) is 11.0. The molecule has 94 valence electrons. The molecule has 1 aromatic carbocycles. The fourth-order valence-electron chi connectivity index (χ4n) is 1.33. The molecule has 3 nitrogen and oxygen atoms in total. The fraction of sp³-hybridized carbons (Fsp3) is 0.364. The lowest BCUT2D eigenvalue weighted by Crippen LogP contribution is -2.17. The molecule has 0 aliphatic heterocycles. The molecule has 0 aromatic heterocycles. The number of esters is 1. The summed E-state index contributed by atoms with van der Waals surface area (Å²) in [6.45, 7) is 0. The molecule has 0 heterocycles.